The number of carbonyl (C=O) groups excluding carboxylic acids is 4. The first-order chi connectivity index (χ1) is 37.3. The first-order valence-electron chi connectivity index (χ1n) is 26.0. The lowest BCUT2D eigenvalue weighted by atomic mass is 9.85. The van der Waals surface area contributed by atoms with Crippen LogP contribution in [0.5, 0.6) is 0 Å². The zero-order valence-electron chi connectivity index (χ0n) is 43.6. The van der Waals surface area contributed by atoms with Crippen LogP contribution in [0, 0.1) is 24.0 Å². The number of H-pyrrole nitrogens is 1. The molecule has 4 saturated heterocycles. The molecular formula is C55H61F3N11O7S2-. The molecule has 0 spiro atoms. The number of hydrazine groups is 1. The molecule has 78 heavy (non-hydrogen) atoms. The van der Waals surface area contributed by atoms with Crippen LogP contribution in [-0.2, 0) is 32.2 Å². The van der Waals surface area contributed by atoms with Gasteiger partial charge in [0.1, 0.15) is 35.4 Å². The van der Waals surface area contributed by atoms with Gasteiger partial charge in [-0.3, -0.25) is 33.2 Å². The molecule has 412 valence electrons. The van der Waals surface area contributed by atoms with Crippen molar-refractivity contribution < 1.29 is 46.2 Å². The van der Waals surface area contributed by atoms with Crippen LogP contribution in [0.15, 0.2) is 84.6 Å². The Labute approximate surface area is 456 Å². The second-order valence-electron chi connectivity index (χ2n) is 21.6. The number of halogens is 3. The number of ketones is 1. The van der Waals surface area contributed by atoms with Crippen LogP contribution >= 0.6 is 11.3 Å². The summed E-state index contributed by atoms with van der Waals surface area (Å²) in [6, 6.07) is 17.6. The minimum Gasteiger partial charge on any atom is -0.754 e. The number of aliphatic hydroxyl groups is 1. The zero-order chi connectivity index (χ0) is 55.2. The number of piperazine rings is 1. The Balaban J connectivity index is 0.703. The monoisotopic (exact) mass is 1110 g/mol. The topological polar surface area (TPSA) is 214 Å². The first kappa shape index (κ1) is 54.7. The highest BCUT2D eigenvalue weighted by Crippen LogP contribution is 2.34. The molecule has 4 N–H and O–H groups in total. The number of pyridine rings is 1. The summed E-state index contributed by atoms with van der Waals surface area (Å²) >= 11 is -1.52. The van der Waals surface area contributed by atoms with E-state index in [1.54, 1.807) is 23.6 Å². The molecule has 23 heteroatoms. The zero-order valence-corrected chi connectivity index (χ0v) is 45.2. The van der Waals surface area contributed by atoms with Crippen LogP contribution < -0.4 is 19.9 Å². The van der Waals surface area contributed by atoms with Crippen molar-refractivity contribution in [1.29, 1.82) is 0 Å². The number of aromatic amines is 1. The number of anilines is 2. The van der Waals surface area contributed by atoms with Gasteiger partial charge >= 0.3 is 0 Å². The van der Waals surface area contributed by atoms with Crippen LogP contribution in [-0.4, -0.2) is 168 Å². The molecule has 4 fully saturated rings. The van der Waals surface area contributed by atoms with Gasteiger partial charge in [0.05, 0.1) is 52.1 Å². The van der Waals surface area contributed by atoms with Crippen molar-refractivity contribution in [3.63, 3.8) is 0 Å². The Bertz CT molecular complexity index is 3230. The fourth-order valence-electron chi connectivity index (χ4n) is 10.9. The minimum atomic E-state index is -3.09. The number of nitrogens with zero attached hydrogens (tertiary/aromatic N) is 8. The number of carbonyl (C=O) groups is 4. The fourth-order valence-corrected chi connectivity index (χ4v) is 12.3. The summed E-state index contributed by atoms with van der Waals surface area (Å²) in [5.74, 6) is -4.68. The molecule has 3 amide bonds. The highest BCUT2D eigenvalue weighted by atomic mass is 32.2. The van der Waals surface area contributed by atoms with Crippen molar-refractivity contribution >= 4 is 68.5 Å². The normalized spacial score (nSPS) is 20.4. The van der Waals surface area contributed by atoms with Gasteiger partial charge in [-0.05, 0) is 65.8 Å². The quantitative estimate of drug-likeness (QED) is 0.0713. The molecular weight excluding hydrogens is 1050 g/mol. The van der Waals surface area contributed by atoms with Gasteiger partial charge in [-0.25, -0.2) is 32.6 Å². The Morgan fingerprint density at radius 3 is 2.31 bits per heavy atom. The number of alkyl halides is 1. The van der Waals surface area contributed by atoms with E-state index < -0.39 is 75.6 Å². The molecule has 0 bridgehead atoms. The summed E-state index contributed by atoms with van der Waals surface area (Å²) in [6.07, 6.45) is 0.840. The van der Waals surface area contributed by atoms with E-state index in [2.05, 4.69) is 40.3 Å². The lowest BCUT2D eigenvalue weighted by Gasteiger charge is -2.48. The molecule has 10 rings (SSSR count). The summed E-state index contributed by atoms with van der Waals surface area (Å²) in [7, 11) is 0. The van der Waals surface area contributed by atoms with Crippen LogP contribution in [0.3, 0.4) is 0 Å². The smallest absolute Gasteiger partial charge is 0.246 e. The summed E-state index contributed by atoms with van der Waals surface area (Å²) in [6.45, 7) is 12.1. The average molecular weight is 1110 g/mol. The molecule has 7 heterocycles. The molecule has 4 aliphatic heterocycles. The number of hydrogen-bond acceptors (Lipinski definition) is 14. The molecule has 3 aromatic heterocycles. The van der Waals surface area contributed by atoms with Crippen molar-refractivity contribution in [1.82, 2.24) is 45.3 Å². The van der Waals surface area contributed by atoms with Crippen LogP contribution in [0.2, 0.25) is 0 Å². The van der Waals surface area contributed by atoms with Crippen molar-refractivity contribution in [2.75, 3.05) is 74.8 Å². The van der Waals surface area contributed by atoms with Crippen molar-refractivity contribution in [2.45, 2.75) is 77.5 Å². The predicted octanol–water partition coefficient (Wildman–Crippen LogP) is 5.35. The average Bonchev–Trinajstić information content (AvgIpc) is 4.27. The van der Waals surface area contributed by atoms with E-state index in [9.17, 15) is 37.4 Å². The SMILES string of the molecule is Cc1ncsc1-c1ccc(CNC(=O)[C@@H]2C[C@@H](O)CN2C(=O)[C@@H](NC(=O)CN2CC(N3CCN(c4ccc(-c5cnc6[nH]cc(C(=O)c7c(F)ccc(N(N8CC[C@@H](F)C8)S(=O)[O-])c7F)c6c5)cc4)CC3)C2)C(C)(C)C)cc1. The van der Waals surface area contributed by atoms with E-state index in [4.69, 9.17) is 0 Å². The van der Waals surface area contributed by atoms with E-state index in [1.165, 1.54) is 11.1 Å². The Morgan fingerprint density at radius 1 is 0.936 bits per heavy atom. The number of amides is 3. The number of likely N-dealkylation sites (tertiary alicyclic amines) is 2. The van der Waals surface area contributed by atoms with E-state index >= 15 is 8.78 Å². The lowest BCUT2D eigenvalue weighted by Crippen LogP contribution is -2.65. The largest absolute Gasteiger partial charge is 0.754 e. The van der Waals surface area contributed by atoms with E-state index in [-0.39, 0.29) is 69.0 Å². The van der Waals surface area contributed by atoms with Crippen LogP contribution in [0.25, 0.3) is 32.6 Å². The molecule has 6 aromatic rings. The standard InChI is InChI=1S/C55H62F3N11O7S2/c1-32-50(77-31-62-32)35-7-5-33(6-8-35)23-61-53(73)45-22-40(70)29-68(45)54(74)51(55(2,3)4)63-46(71)30-64-27-39(28-64)66-19-17-65(18-20-66)38-11-9-34(10-12-38)36-21-41-42(25-60-52(41)59-24-36)49(72)47-43(57)13-14-44(48(47)58)69(78(75)76)67-16-15-37(56)26-67/h5-14,21,24-25,31,37,39-40,45,51,70H,15-20,22-23,26-30H2,1-4H3,(H,59,60)(H,61,73)(H,63,71)(H,75,76)/p-1/t37-,40-,45+,51-/m1/s1. The maximum Gasteiger partial charge on any atom is 0.246 e. The number of rotatable bonds is 16. The first-order valence-corrected chi connectivity index (χ1v) is 27.9. The molecule has 4 aliphatic rings. The molecule has 0 aliphatic carbocycles. The molecule has 5 atom stereocenters. The molecule has 18 nitrogen and oxygen atoms in total. The number of fused-ring (bicyclic) bond motifs is 1. The highest BCUT2D eigenvalue weighted by molar-refractivity contribution is 7.80. The number of thiazole rings is 1. The van der Waals surface area contributed by atoms with E-state index in [0.717, 1.165) is 76.3 Å². The third kappa shape index (κ3) is 11.4. The molecule has 1 unspecified atom stereocenters. The molecule has 3 aromatic carbocycles. The highest BCUT2D eigenvalue weighted by Gasteiger charge is 2.45. The van der Waals surface area contributed by atoms with Crippen LogP contribution in [0.4, 0.5) is 24.5 Å². The third-order valence-electron chi connectivity index (χ3n) is 15.2. The van der Waals surface area contributed by atoms with E-state index in [0.29, 0.717) is 34.1 Å². The predicted molar refractivity (Wildman–Crippen MR) is 289 cm³/mol. The Morgan fingerprint density at radius 2 is 1.65 bits per heavy atom. The summed E-state index contributed by atoms with van der Waals surface area (Å²) < 4.78 is 70.3. The number of aromatic nitrogens is 3. The maximum absolute atomic E-state index is 16.1. The van der Waals surface area contributed by atoms with Gasteiger partial charge in [0.2, 0.25) is 23.5 Å². The maximum atomic E-state index is 16.1. The van der Waals surface area contributed by atoms with Crippen molar-refractivity contribution in [3.05, 3.63) is 119 Å². The summed E-state index contributed by atoms with van der Waals surface area (Å²) in [5.41, 5.74) is 5.12. The number of hydrogen-bond donors (Lipinski definition) is 4. The Hall–Kier alpha value is -6.60. The number of β-amino-alcohol motifs (C(OH)–C–C–N with tert-alkyl or cyclic N) is 1. The molecule has 0 radical (unpaired) electrons. The van der Waals surface area contributed by atoms with Crippen LogP contribution in [0.1, 0.15) is 60.8 Å². The van der Waals surface area contributed by atoms with Gasteiger partial charge in [-0.15, -0.1) is 11.3 Å². The lowest BCUT2D eigenvalue weighted by molar-refractivity contribution is -0.144. The second kappa shape index (κ2) is 22.6. The van der Waals surface area contributed by atoms with Crippen molar-refractivity contribution in [2.24, 2.45) is 5.41 Å². The van der Waals surface area contributed by atoms with Gasteiger partial charge in [-0.2, -0.15) is 0 Å². The van der Waals surface area contributed by atoms with Gasteiger partial charge in [0.15, 0.2) is 5.82 Å². The van der Waals surface area contributed by atoms with Gasteiger partial charge in [0.25, 0.3) is 0 Å². The number of aryl methyl sites for hydroxylation is 1. The van der Waals surface area contributed by atoms with Crippen molar-refractivity contribution in [3.8, 4) is 21.6 Å². The third-order valence-corrected chi connectivity index (χ3v) is 16.9. The fraction of sp³-hybridized carbons (Fsp3) is 0.418. The van der Waals surface area contributed by atoms with Gasteiger partial charge in [-0.1, -0.05) is 57.2 Å². The Kier molecular flexibility index (Phi) is 15.9. The molecule has 0 saturated carbocycles. The van der Waals surface area contributed by atoms with E-state index in [1.807, 2.05) is 81.7 Å². The summed E-state index contributed by atoms with van der Waals surface area (Å²) in [4.78, 5) is 76.2. The number of aliphatic hydroxyl groups excluding tert-OH is 1. The summed E-state index contributed by atoms with van der Waals surface area (Å²) in [5, 5.41) is 18.0. The van der Waals surface area contributed by atoms with Gasteiger partial charge < -0.3 is 35.1 Å². The number of nitrogens with one attached hydrogen (secondary N) is 3. The second-order valence-corrected chi connectivity index (χ2v) is 23.2. The minimum absolute atomic E-state index is 0.0122. The van der Waals surface area contributed by atoms with Gasteiger partial charge in [0, 0.05) is 106 Å². The number of benzene rings is 3.